The van der Waals surface area contributed by atoms with Crippen LogP contribution in [0.4, 0.5) is 18.9 Å². The summed E-state index contributed by atoms with van der Waals surface area (Å²) >= 11 is 0. The van der Waals surface area contributed by atoms with Gasteiger partial charge in [-0.2, -0.15) is 13.2 Å². The number of methoxy groups -OCH3 is 1. The lowest BCUT2D eigenvalue weighted by Crippen LogP contribution is -2.19. The minimum atomic E-state index is -4.40. The first-order chi connectivity index (χ1) is 11.8. The SMILES string of the molecule is COc1ccc([N+](=O)[O-])cc1OCc1ccc(OCC(F)(F)F)cc1. The Morgan fingerprint density at radius 3 is 2.28 bits per heavy atom. The number of non-ortho nitro benzene ring substituents is 1. The average molecular weight is 357 g/mol. The van der Waals surface area contributed by atoms with Crippen LogP contribution in [0, 0.1) is 10.1 Å². The van der Waals surface area contributed by atoms with Crippen molar-refractivity contribution in [2.45, 2.75) is 12.8 Å². The molecule has 0 atom stereocenters. The number of rotatable bonds is 7. The lowest BCUT2D eigenvalue weighted by atomic mass is 10.2. The summed E-state index contributed by atoms with van der Waals surface area (Å²) in [5, 5.41) is 10.8. The Hall–Kier alpha value is -2.97. The molecule has 0 aromatic heterocycles. The van der Waals surface area contributed by atoms with E-state index in [1.165, 1.54) is 49.6 Å². The molecule has 2 aromatic carbocycles. The van der Waals surface area contributed by atoms with Gasteiger partial charge in [-0.1, -0.05) is 12.1 Å². The van der Waals surface area contributed by atoms with Gasteiger partial charge >= 0.3 is 6.18 Å². The Kier molecular flexibility index (Phi) is 5.68. The second-order valence-electron chi connectivity index (χ2n) is 4.93. The van der Waals surface area contributed by atoms with Crippen molar-refractivity contribution in [2.24, 2.45) is 0 Å². The molecule has 0 saturated carbocycles. The number of nitrogens with zero attached hydrogens (tertiary/aromatic N) is 1. The number of nitro groups is 1. The number of hydrogen-bond donors (Lipinski definition) is 0. The van der Waals surface area contributed by atoms with Crippen LogP contribution in [0.1, 0.15) is 5.56 Å². The molecule has 134 valence electrons. The summed E-state index contributed by atoms with van der Waals surface area (Å²) in [5.74, 6) is 0.596. The lowest BCUT2D eigenvalue weighted by molar-refractivity contribution is -0.385. The number of benzene rings is 2. The highest BCUT2D eigenvalue weighted by atomic mass is 19.4. The summed E-state index contributed by atoms with van der Waals surface area (Å²) in [6.45, 7) is -1.31. The Labute approximate surface area is 140 Å². The zero-order valence-electron chi connectivity index (χ0n) is 13.1. The van der Waals surface area contributed by atoms with Gasteiger partial charge in [0.1, 0.15) is 12.4 Å². The van der Waals surface area contributed by atoms with Gasteiger partial charge < -0.3 is 14.2 Å². The van der Waals surface area contributed by atoms with Crippen LogP contribution < -0.4 is 14.2 Å². The molecular formula is C16H14F3NO5. The number of hydrogen-bond acceptors (Lipinski definition) is 5. The molecule has 2 aromatic rings. The fourth-order valence-corrected chi connectivity index (χ4v) is 1.90. The minimum absolute atomic E-state index is 0.0527. The zero-order valence-corrected chi connectivity index (χ0v) is 13.1. The van der Waals surface area contributed by atoms with Gasteiger partial charge in [0, 0.05) is 6.07 Å². The van der Waals surface area contributed by atoms with E-state index in [9.17, 15) is 23.3 Å². The fourth-order valence-electron chi connectivity index (χ4n) is 1.90. The molecule has 0 aliphatic heterocycles. The predicted molar refractivity (Wildman–Crippen MR) is 82.0 cm³/mol. The van der Waals surface area contributed by atoms with Gasteiger partial charge in [0.05, 0.1) is 18.1 Å². The molecule has 0 amide bonds. The van der Waals surface area contributed by atoms with Gasteiger partial charge in [-0.15, -0.1) is 0 Å². The normalized spacial score (nSPS) is 11.0. The number of nitro benzene ring substituents is 1. The maximum Gasteiger partial charge on any atom is 0.422 e. The average Bonchev–Trinajstić information content (AvgIpc) is 2.58. The van der Waals surface area contributed by atoms with E-state index in [-0.39, 0.29) is 23.8 Å². The van der Waals surface area contributed by atoms with Crippen LogP contribution >= 0.6 is 0 Å². The van der Waals surface area contributed by atoms with Crippen LogP contribution in [0.15, 0.2) is 42.5 Å². The number of ether oxygens (including phenoxy) is 3. The second kappa shape index (κ2) is 7.73. The number of halogens is 3. The van der Waals surface area contributed by atoms with Gasteiger partial charge in [-0.25, -0.2) is 0 Å². The molecule has 0 aliphatic carbocycles. The van der Waals surface area contributed by atoms with Crippen LogP contribution in [0.3, 0.4) is 0 Å². The van der Waals surface area contributed by atoms with Gasteiger partial charge in [0.2, 0.25) is 0 Å². The second-order valence-corrected chi connectivity index (χ2v) is 4.93. The minimum Gasteiger partial charge on any atom is -0.493 e. The summed E-state index contributed by atoms with van der Waals surface area (Å²) in [4.78, 5) is 10.3. The first kappa shape index (κ1) is 18.4. The van der Waals surface area contributed by atoms with Gasteiger partial charge in [0.25, 0.3) is 5.69 Å². The number of alkyl halides is 3. The molecule has 0 unspecified atom stereocenters. The molecular weight excluding hydrogens is 343 g/mol. The molecule has 6 nitrogen and oxygen atoms in total. The van der Waals surface area contributed by atoms with E-state index in [1.807, 2.05) is 0 Å². The molecule has 0 aliphatic rings. The van der Waals surface area contributed by atoms with Crippen molar-refractivity contribution in [1.29, 1.82) is 0 Å². The van der Waals surface area contributed by atoms with Gasteiger partial charge in [0.15, 0.2) is 18.1 Å². The van der Waals surface area contributed by atoms with Crippen LogP contribution in [0.2, 0.25) is 0 Å². The molecule has 0 spiro atoms. The van der Waals surface area contributed by atoms with Crippen molar-refractivity contribution in [2.75, 3.05) is 13.7 Å². The van der Waals surface area contributed by atoms with E-state index in [2.05, 4.69) is 4.74 Å². The highest BCUT2D eigenvalue weighted by Gasteiger charge is 2.28. The molecule has 25 heavy (non-hydrogen) atoms. The maximum atomic E-state index is 12.1. The van der Waals surface area contributed by atoms with Crippen LogP contribution in [0.25, 0.3) is 0 Å². The van der Waals surface area contributed by atoms with Gasteiger partial charge in [-0.3, -0.25) is 10.1 Å². The van der Waals surface area contributed by atoms with Crippen molar-refractivity contribution in [1.82, 2.24) is 0 Å². The Morgan fingerprint density at radius 1 is 1.04 bits per heavy atom. The first-order valence-corrected chi connectivity index (χ1v) is 7.02. The fraction of sp³-hybridized carbons (Fsp3) is 0.250. The van der Waals surface area contributed by atoms with Crippen LogP contribution in [-0.4, -0.2) is 24.8 Å². The standard InChI is InChI=1S/C16H14F3NO5/c1-23-14-7-4-12(20(21)22)8-15(14)24-9-11-2-5-13(6-3-11)25-10-16(17,18)19/h2-8H,9-10H2,1H3. The molecule has 2 rings (SSSR count). The lowest BCUT2D eigenvalue weighted by Gasteiger charge is -2.12. The van der Waals surface area contributed by atoms with E-state index in [4.69, 9.17) is 9.47 Å². The van der Waals surface area contributed by atoms with E-state index in [1.54, 1.807) is 0 Å². The first-order valence-electron chi connectivity index (χ1n) is 7.02. The quantitative estimate of drug-likeness (QED) is 0.551. The Morgan fingerprint density at radius 2 is 1.72 bits per heavy atom. The summed E-state index contributed by atoms with van der Waals surface area (Å²) in [6.07, 6.45) is -4.40. The molecule has 0 fully saturated rings. The third kappa shape index (κ3) is 5.55. The molecule has 0 N–H and O–H groups in total. The summed E-state index contributed by atoms with van der Waals surface area (Å²) < 4.78 is 51.4. The summed E-state index contributed by atoms with van der Waals surface area (Å²) in [6, 6.07) is 9.79. The highest BCUT2D eigenvalue weighted by Crippen LogP contribution is 2.31. The highest BCUT2D eigenvalue weighted by molar-refractivity contribution is 5.48. The van der Waals surface area contributed by atoms with E-state index >= 15 is 0 Å². The van der Waals surface area contributed by atoms with Crippen LogP contribution in [0.5, 0.6) is 17.2 Å². The third-order valence-electron chi connectivity index (χ3n) is 3.08. The van der Waals surface area contributed by atoms with E-state index in [0.717, 1.165) is 0 Å². The van der Waals surface area contributed by atoms with Crippen molar-refractivity contribution in [3.63, 3.8) is 0 Å². The molecule has 9 heteroatoms. The summed E-state index contributed by atoms with van der Waals surface area (Å²) in [5.41, 5.74) is 0.500. The van der Waals surface area contributed by atoms with E-state index < -0.39 is 17.7 Å². The monoisotopic (exact) mass is 357 g/mol. The largest absolute Gasteiger partial charge is 0.493 e. The Bertz CT molecular complexity index is 732. The summed E-state index contributed by atoms with van der Waals surface area (Å²) in [7, 11) is 1.40. The smallest absolute Gasteiger partial charge is 0.422 e. The third-order valence-corrected chi connectivity index (χ3v) is 3.08. The zero-order chi connectivity index (χ0) is 18.4. The molecule has 0 bridgehead atoms. The van der Waals surface area contributed by atoms with E-state index in [0.29, 0.717) is 11.3 Å². The molecule has 0 radical (unpaired) electrons. The van der Waals surface area contributed by atoms with Crippen molar-refractivity contribution < 1.29 is 32.3 Å². The molecule has 0 heterocycles. The maximum absolute atomic E-state index is 12.1. The predicted octanol–water partition coefficient (Wildman–Crippen LogP) is 4.12. The topological polar surface area (TPSA) is 70.8 Å². The van der Waals surface area contributed by atoms with Crippen LogP contribution in [-0.2, 0) is 6.61 Å². The Balaban J connectivity index is 2.01. The van der Waals surface area contributed by atoms with Crippen molar-refractivity contribution in [3.05, 3.63) is 58.1 Å². The van der Waals surface area contributed by atoms with Crippen molar-refractivity contribution in [3.8, 4) is 17.2 Å². The van der Waals surface area contributed by atoms with Crippen molar-refractivity contribution >= 4 is 5.69 Å². The molecule has 0 saturated heterocycles. The van der Waals surface area contributed by atoms with Gasteiger partial charge in [-0.05, 0) is 23.8 Å².